The van der Waals surface area contributed by atoms with Gasteiger partial charge in [0.2, 0.25) is 11.8 Å². The molecule has 0 fully saturated rings. The number of nitro benzene ring substituents is 1. The fourth-order valence-corrected chi connectivity index (χ4v) is 3.03. The van der Waals surface area contributed by atoms with Crippen molar-refractivity contribution in [2.75, 3.05) is 0 Å². The summed E-state index contributed by atoms with van der Waals surface area (Å²) in [6, 6.07) is 8.36. The monoisotopic (exact) mass is 339 g/mol. The Morgan fingerprint density at radius 1 is 1.40 bits per heavy atom. The highest BCUT2D eigenvalue weighted by atomic mass is 16.6. The topological polar surface area (TPSA) is 131 Å². The van der Waals surface area contributed by atoms with Gasteiger partial charge in [0.05, 0.1) is 16.4 Å². The lowest BCUT2D eigenvalue weighted by atomic mass is 9.78. The van der Waals surface area contributed by atoms with Gasteiger partial charge >= 0.3 is 0 Å². The molecule has 1 aliphatic rings. The predicted octanol–water partition coefficient (Wildman–Crippen LogP) is 2.83. The maximum Gasteiger partial charge on any atom is 0.273 e. The fourth-order valence-electron chi connectivity index (χ4n) is 3.03. The van der Waals surface area contributed by atoms with Gasteiger partial charge in [0.25, 0.3) is 5.69 Å². The lowest BCUT2D eigenvalue weighted by molar-refractivity contribution is -0.385. The Kier molecular flexibility index (Phi) is 3.72. The third kappa shape index (κ3) is 2.59. The van der Waals surface area contributed by atoms with Crippen LogP contribution in [0.1, 0.15) is 43.5 Å². The van der Waals surface area contributed by atoms with Gasteiger partial charge in [-0.2, -0.15) is 5.26 Å². The summed E-state index contributed by atoms with van der Waals surface area (Å²) in [5.74, 6) is -0.571. The van der Waals surface area contributed by atoms with Crippen LogP contribution in [0.25, 0.3) is 0 Å². The van der Waals surface area contributed by atoms with Crippen molar-refractivity contribution in [2.24, 2.45) is 5.73 Å². The number of allylic oxidation sites excluding steroid dienone is 1. The quantitative estimate of drug-likeness (QED) is 0.639. The van der Waals surface area contributed by atoms with Gasteiger partial charge in [-0.25, -0.2) is 0 Å². The molecule has 8 nitrogen and oxygen atoms in total. The Morgan fingerprint density at radius 2 is 2.08 bits per heavy atom. The summed E-state index contributed by atoms with van der Waals surface area (Å²) in [4.78, 5) is 11.0. The number of aromatic amines is 1. The van der Waals surface area contributed by atoms with E-state index in [4.69, 9.17) is 10.5 Å². The SMILES string of the molecule is CC(C)(C)c1[nH]nc2c1[C@@H](c1ccccc1[N+](=O)[O-])C(C#N)=C(N)O2. The number of nitrogens with two attached hydrogens (primary N) is 1. The number of rotatable bonds is 2. The average Bonchev–Trinajstić information content (AvgIpc) is 2.96. The number of nitrogens with one attached hydrogen (secondary N) is 1. The Labute approximate surface area is 144 Å². The van der Waals surface area contributed by atoms with E-state index in [1.54, 1.807) is 18.2 Å². The van der Waals surface area contributed by atoms with Gasteiger partial charge in [-0.15, -0.1) is 5.10 Å². The Bertz CT molecular complexity index is 930. The zero-order valence-electron chi connectivity index (χ0n) is 14.0. The zero-order valence-corrected chi connectivity index (χ0v) is 14.0. The second-order valence-corrected chi connectivity index (χ2v) is 6.81. The van der Waals surface area contributed by atoms with Crippen LogP contribution in [0.2, 0.25) is 0 Å². The molecular weight excluding hydrogens is 322 g/mol. The van der Waals surface area contributed by atoms with Gasteiger partial charge in [-0.3, -0.25) is 15.2 Å². The molecule has 0 aliphatic carbocycles. The van der Waals surface area contributed by atoms with E-state index in [2.05, 4.69) is 10.2 Å². The molecule has 25 heavy (non-hydrogen) atoms. The van der Waals surface area contributed by atoms with Crippen LogP contribution < -0.4 is 10.5 Å². The fraction of sp³-hybridized carbons (Fsp3) is 0.294. The second-order valence-electron chi connectivity index (χ2n) is 6.81. The molecule has 8 heteroatoms. The first-order valence-electron chi connectivity index (χ1n) is 7.65. The Hall–Kier alpha value is -3.34. The van der Waals surface area contributed by atoms with Crippen LogP contribution in [0.15, 0.2) is 35.7 Å². The Morgan fingerprint density at radius 3 is 2.68 bits per heavy atom. The van der Waals surface area contributed by atoms with E-state index in [9.17, 15) is 15.4 Å². The maximum absolute atomic E-state index is 11.5. The van der Waals surface area contributed by atoms with Crippen molar-refractivity contribution < 1.29 is 9.66 Å². The molecule has 3 N–H and O–H groups in total. The number of nitro groups is 1. The first-order chi connectivity index (χ1) is 11.8. The lowest BCUT2D eigenvalue weighted by Gasteiger charge is -2.27. The Balaban J connectivity index is 2.34. The number of hydrogen-bond donors (Lipinski definition) is 2. The van der Waals surface area contributed by atoms with Crippen molar-refractivity contribution in [1.29, 1.82) is 5.26 Å². The minimum Gasteiger partial charge on any atom is -0.420 e. The zero-order chi connectivity index (χ0) is 18.4. The van der Waals surface area contributed by atoms with Crippen LogP contribution in [0.3, 0.4) is 0 Å². The summed E-state index contributed by atoms with van der Waals surface area (Å²) in [7, 11) is 0. The molecule has 0 bridgehead atoms. The minimum atomic E-state index is -0.719. The number of fused-ring (bicyclic) bond motifs is 1. The van der Waals surface area contributed by atoms with Crippen LogP contribution in [-0.4, -0.2) is 15.1 Å². The molecule has 2 aromatic rings. The van der Waals surface area contributed by atoms with E-state index in [0.717, 1.165) is 5.69 Å². The van der Waals surface area contributed by atoms with Crippen molar-refractivity contribution in [1.82, 2.24) is 10.2 Å². The molecule has 1 atom stereocenters. The molecular formula is C17H17N5O3. The van der Waals surface area contributed by atoms with Gasteiger partial charge in [0.1, 0.15) is 11.6 Å². The molecule has 1 aliphatic heterocycles. The first kappa shape index (κ1) is 16.5. The van der Waals surface area contributed by atoms with Crippen molar-refractivity contribution in [2.45, 2.75) is 32.1 Å². The van der Waals surface area contributed by atoms with E-state index < -0.39 is 10.8 Å². The number of para-hydroxylation sites is 1. The summed E-state index contributed by atoms with van der Waals surface area (Å²) >= 11 is 0. The molecule has 0 spiro atoms. The largest absolute Gasteiger partial charge is 0.420 e. The first-order valence-corrected chi connectivity index (χ1v) is 7.65. The molecule has 3 rings (SSSR count). The van der Waals surface area contributed by atoms with Crippen LogP contribution in [-0.2, 0) is 5.41 Å². The van der Waals surface area contributed by atoms with Gasteiger partial charge in [0.15, 0.2) is 0 Å². The smallest absolute Gasteiger partial charge is 0.273 e. The van der Waals surface area contributed by atoms with Gasteiger partial charge in [-0.1, -0.05) is 39.0 Å². The average molecular weight is 339 g/mol. The van der Waals surface area contributed by atoms with E-state index in [1.807, 2.05) is 26.8 Å². The third-order valence-electron chi connectivity index (χ3n) is 4.13. The number of benzene rings is 1. The summed E-state index contributed by atoms with van der Waals surface area (Å²) in [6.45, 7) is 5.93. The normalized spacial score (nSPS) is 16.8. The van der Waals surface area contributed by atoms with Crippen LogP contribution in [0.4, 0.5) is 5.69 Å². The van der Waals surface area contributed by atoms with Crippen LogP contribution in [0, 0.1) is 21.4 Å². The highest BCUT2D eigenvalue weighted by Gasteiger charge is 2.40. The molecule has 0 unspecified atom stereocenters. The van der Waals surface area contributed by atoms with Gasteiger partial charge < -0.3 is 10.5 Å². The predicted molar refractivity (Wildman–Crippen MR) is 89.7 cm³/mol. The van der Waals surface area contributed by atoms with Crippen LogP contribution in [0.5, 0.6) is 5.88 Å². The number of aromatic nitrogens is 2. The van der Waals surface area contributed by atoms with E-state index in [0.29, 0.717) is 11.1 Å². The van der Waals surface area contributed by atoms with E-state index >= 15 is 0 Å². The molecule has 1 aromatic carbocycles. The maximum atomic E-state index is 11.5. The molecule has 128 valence electrons. The number of H-pyrrole nitrogens is 1. The highest BCUT2D eigenvalue weighted by Crippen LogP contribution is 2.47. The molecule has 0 radical (unpaired) electrons. The number of nitriles is 1. The summed E-state index contributed by atoms with van der Waals surface area (Å²) in [5, 5.41) is 28.2. The van der Waals surface area contributed by atoms with Gasteiger partial charge in [0, 0.05) is 22.7 Å². The van der Waals surface area contributed by atoms with Crippen molar-refractivity contribution in [3.63, 3.8) is 0 Å². The minimum absolute atomic E-state index is 0.0815. The molecule has 2 heterocycles. The highest BCUT2D eigenvalue weighted by molar-refractivity contribution is 5.60. The van der Waals surface area contributed by atoms with Gasteiger partial charge in [-0.05, 0) is 0 Å². The number of nitrogens with zero attached hydrogens (tertiary/aromatic N) is 3. The summed E-state index contributed by atoms with van der Waals surface area (Å²) in [6.07, 6.45) is 0. The standard InChI is InChI=1S/C17H17N5O3/c1-17(2,3)14-13-12(9-6-4-5-7-11(9)22(23)24)10(8-18)15(19)25-16(13)21-20-14/h4-7,12H,19H2,1-3H3,(H,20,21)/t12-/m0/s1. The number of ether oxygens (including phenoxy) is 1. The third-order valence-corrected chi connectivity index (χ3v) is 4.13. The lowest BCUT2D eigenvalue weighted by Crippen LogP contribution is -2.24. The van der Waals surface area contributed by atoms with Crippen molar-refractivity contribution in [3.8, 4) is 11.9 Å². The second kappa shape index (κ2) is 5.63. The summed E-state index contributed by atoms with van der Waals surface area (Å²) in [5.41, 5.74) is 7.33. The molecule has 1 aromatic heterocycles. The number of hydrogen-bond acceptors (Lipinski definition) is 6. The van der Waals surface area contributed by atoms with Crippen molar-refractivity contribution in [3.05, 3.63) is 62.7 Å². The molecule has 0 amide bonds. The van der Waals surface area contributed by atoms with Crippen molar-refractivity contribution >= 4 is 5.69 Å². The van der Waals surface area contributed by atoms with Crippen LogP contribution >= 0.6 is 0 Å². The summed E-state index contributed by atoms with van der Waals surface area (Å²) < 4.78 is 5.49. The molecule has 0 saturated heterocycles. The van der Waals surface area contributed by atoms with E-state index in [-0.39, 0.29) is 28.4 Å². The molecule has 0 saturated carbocycles. The van der Waals surface area contributed by atoms with E-state index in [1.165, 1.54) is 6.07 Å².